The fourth-order valence-corrected chi connectivity index (χ4v) is 1.90. The van der Waals surface area contributed by atoms with Gasteiger partial charge in [-0.15, -0.1) is 0 Å². The van der Waals surface area contributed by atoms with E-state index in [2.05, 4.69) is 12.2 Å². The number of hydrogen-bond donors (Lipinski definition) is 2. The first-order valence-electron chi connectivity index (χ1n) is 6.41. The Morgan fingerprint density at radius 1 is 1.17 bits per heavy atom. The summed E-state index contributed by atoms with van der Waals surface area (Å²) in [6.45, 7) is 3.06. The third-order valence-corrected chi connectivity index (χ3v) is 3.13. The number of aliphatic hydroxyl groups excluding tert-OH is 1. The van der Waals surface area contributed by atoms with E-state index in [9.17, 15) is 0 Å². The van der Waals surface area contributed by atoms with Gasteiger partial charge in [0.05, 0.1) is 6.61 Å². The second-order valence-corrected chi connectivity index (χ2v) is 4.42. The van der Waals surface area contributed by atoms with Crippen molar-refractivity contribution in [1.29, 1.82) is 0 Å². The molecule has 0 spiro atoms. The number of quaternary nitrogens is 1. The van der Waals surface area contributed by atoms with Crippen LogP contribution in [0.3, 0.4) is 0 Å². The SMILES string of the molecule is CC[C@@H](CO)[NH2+]Cc1ccc(-c2ccccc2)o1. The minimum atomic E-state index is 0.211. The maximum Gasteiger partial charge on any atom is 0.158 e. The van der Waals surface area contributed by atoms with Crippen LogP contribution in [-0.2, 0) is 6.54 Å². The Bertz CT molecular complexity index is 460. The van der Waals surface area contributed by atoms with Crippen LogP contribution in [0.2, 0.25) is 0 Å². The molecule has 3 N–H and O–H groups in total. The van der Waals surface area contributed by atoms with Gasteiger partial charge in [0.1, 0.15) is 18.3 Å². The molecule has 96 valence electrons. The largest absolute Gasteiger partial charge is 0.455 e. The van der Waals surface area contributed by atoms with Crippen molar-refractivity contribution in [3.8, 4) is 11.3 Å². The summed E-state index contributed by atoms with van der Waals surface area (Å²) in [6.07, 6.45) is 0.961. The zero-order valence-electron chi connectivity index (χ0n) is 10.7. The number of hydrogen-bond acceptors (Lipinski definition) is 2. The van der Waals surface area contributed by atoms with Gasteiger partial charge in [0.15, 0.2) is 5.76 Å². The van der Waals surface area contributed by atoms with Gasteiger partial charge in [-0.25, -0.2) is 0 Å². The van der Waals surface area contributed by atoms with Crippen LogP contribution >= 0.6 is 0 Å². The molecule has 0 bridgehead atoms. The molecule has 3 heteroatoms. The average Bonchev–Trinajstić information content (AvgIpc) is 2.90. The molecule has 3 nitrogen and oxygen atoms in total. The molecule has 1 aromatic carbocycles. The van der Waals surface area contributed by atoms with Gasteiger partial charge in [0.25, 0.3) is 0 Å². The van der Waals surface area contributed by atoms with Gasteiger partial charge >= 0.3 is 0 Å². The van der Waals surface area contributed by atoms with Crippen LogP contribution in [0.25, 0.3) is 11.3 Å². The number of furan rings is 1. The summed E-state index contributed by atoms with van der Waals surface area (Å²) in [5.41, 5.74) is 1.10. The molecule has 0 unspecified atom stereocenters. The topological polar surface area (TPSA) is 50.0 Å². The summed E-state index contributed by atoms with van der Waals surface area (Å²) >= 11 is 0. The van der Waals surface area contributed by atoms with Crippen molar-refractivity contribution in [3.05, 3.63) is 48.2 Å². The standard InChI is InChI=1S/C15H19NO2/c1-2-13(11-17)16-10-14-8-9-15(18-14)12-6-4-3-5-7-12/h3-9,13,16-17H,2,10-11H2,1H3/p+1/t13-/m0/s1. The van der Waals surface area contributed by atoms with Gasteiger partial charge in [0.2, 0.25) is 0 Å². The molecular formula is C15H20NO2+. The van der Waals surface area contributed by atoms with E-state index < -0.39 is 0 Å². The highest BCUT2D eigenvalue weighted by Crippen LogP contribution is 2.21. The van der Waals surface area contributed by atoms with Crippen molar-refractivity contribution in [2.24, 2.45) is 0 Å². The predicted molar refractivity (Wildman–Crippen MR) is 70.9 cm³/mol. The van der Waals surface area contributed by atoms with Crippen LogP contribution in [0.5, 0.6) is 0 Å². The van der Waals surface area contributed by atoms with Crippen molar-refractivity contribution in [3.63, 3.8) is 0 Å². The smallest absolute Gasteiger partial charge is 0.158 e. The second kappa shape index (κ2) is 6.38. The molecule has 1 atom stereocenters. The summed E-state index contributed by atoms with van der Waals surface area (Å²) in [7, 11) is 0. The molecule has 1 heterocycles. The third kappa shape index (κ3) is 3.22. The van der Waals surface area contributed by atoms with E-state index in [1.165, 1.54) is 0 Å². The fourth-order valence-electron chi connectivity index (χ4n) is 1.90. The maximum absolute atomic E-state index is 9.13. The highest BCUT2D eigenvalue weighted by atomic mass is 16.3. The van der Waals surface area contributed by atoms with E-state index in [1.54, 1.807) is 0 Å². The van der Waals surface area contributed by atoms with Crippen molar-refractivity contribution >= 4 is 0 Å². The van der Waals surface area contributed by atoms with Gasteiger partial charge in [-0.1, -0.05) is 37.3 Å². The number of rotatable bonds is 6. The molecule has 0 saturated carbocycles. The molecule has 1 aromatic heterocycles. The highest BCUT2D eigenvalue weighted by Gasteiger charge is 2.10. The molecule has 0 aliphatic carbocycles. The Kier molecular flexibility index (Phi) is 4.56. The van der Waals surface area contributed by atoms with Crippen LogP contribution < -0.4 is 5.32 Å². The third-order valence-electron chi connectivity index (χ3n) is 3.13. The van der Waals surface area contributed by atoms with Crippen molar-refractivity contribution in [1.82, 2.24) is 0 Å². The Labute approximate surface area is 107 Å². The minimum absolute atomic E-state index is 0.211. The molecular weight excluding hydrogens is 226 g/mol. The number of benzene rings is 1. The van der Waals surface area contributed by atoms with E-state index in [1.807, 2.05) is 42.5 Å². The lowest BCUT2D eigenvalue weighted by atomic mass is 10.2. The first-order chi connectivity index (χ1) is 8.83. The van der Waals surface area contributed by atoms with Crippen molar-refractivity contribution in [2.45, 2.75) is 25.9 Å². The zero-order chi connectivity index (χ0) is 12.8. The Morgan fingerprint density at radius 2 is 1.94 bits per heavy atom. The monoisotopic (exact) mass is 246 g/mol. The summed E-state index contributed by atoms with van der Waals surface area (Å²) in [5.74, 6) is 1.84. The molecule has 0 aliphatic heterocycles. The maximum atomic E-state index is 9.13. The Hall–Kier alpha value is -1.58. The van der Waals surface area contributed by atoms with Crippen LogP contribution in [-0.4, -0.2) is 17.8 Å². The van der Waals surface area contributed by atoms with Crippen LogP contribution in [0.4, 0.5) is 0 Å². The molecule has 0 radical (unpaired) electrons. The van der Waals surface area contributed by atoms with Crippen LogP contribution in [0, 0.1) is 0 Å². The van der Waals surface area contributed by atoms with Crippen LogP contribution in [0.15, 0.2) is 46.9 Å². The molecule has 0 amide bonds. The summed E-state index contributed by atoms with van der Waals surface area (Å²) < 4.78 is 5.80. The molecule has 0 fully saturated rings. The first-order valence-corrected chi connectivity index (χ1v) is 6.41. The van der Waals surface area contributed by atoms with E-state index >= 15 is 0 Å². The van der Waals surface area contributed by atoms with Gasteiger partial charge in [-0.2, -0.15) is 0 Å². The number of nitrogens with two attached hydrogens (primary N) is 1. The van der Waals surface area contributed by atoms with Gasteiger partial charge in [-0.05, 0) is 18.6 Å². The predicted octanol–water partition coefficient (Wildman–Crippen LogP) is 1.78. The normalized spacial score (nSPS) is 12.6. The summed E-state index contributed by atoms with van der Waals surface area (Å²) in [6, 6.07) is 14.3. The second-order valence-electron chi connectivity index (χ2n) is 4.42. The van der Waals surface area contributed by atoms with Gasteiger partial charge in [-0.3, -0.25) is 0 Å². The van der Waals surface area contributed by atoms with Crippen molar-refractivity contribution in [2.75, 3.05) is 6.61 Å². The molecule has 2 rings (SSSR count). The average molecular weight is 246 g/mol. The lowest BCUT2D eigenvalue weighted by molar-refractivity contribution is -0.707. The van der Waals surface area contributed by atoms with Crippen LogP contribution in [0.1, 0.15) is 19.1 Å². The van der Waals surface area contributed by atoms with Crippen molar-refractivity contribution < 1.29 is 14.8 Å². The van der Waals surface area contributed by atoms with Gasteiger partial charge in [0, 0.05) is 5.56 Å². The highest BCUT2D eigenvalue weighted by molar-refractivity contribution is 5.57. The minimum Gasteiger partial charge on any atom is -0.455 e. The summed E-state index contributed by atoms with van der Waals surface area (Å²) in [4.78, 5) is 0. The van der Waals surface area contributed by atoms with E-state index in [-0.39, 0.29) is 12.6 Å². The lowest BCUT2D eigenvalue weighted by Gasteiger charge is -2.08. The fraction of sp³-hybridized carbons (Fsp3) is 0.333. The zero-order valence-corrected chi connectivity index (χ0v) is 10.7. The van der Waals surface area contributed by atoms with E-state index in [0.717, 1.165) is 30.0 Å². The lowest BCUT2D eigenvalue weighted by Crippen LogP contribution is -2.89. The molecule has 18 heavy (non-hydrogen) atoms. The number of aliphatic hydroxyl groups is 1. The molecule has 0 saturated heterocycles. The quantitative estimate of drug-likeness (QED) is 0.816. The molecule has 2 aromatic rings. The van der Waals surface area contributed by atoms with E-state index in [0.29, 0.717) is 0 Å². The molecule has 0 aliphatic rings. The summed E-state index contributed by atoms with van der Waals surface area (Å²) in [5, 5.41) is 11.2. The Balaban J connectivity index is 1.98. The van der Waals surface area contributed by atoms with E-state index in [4.69, 9.17) is 9.52 Å². The van der Waals surface area contributed by atoms with Gasteiger partial charge < -0.3 is 14.8 Å². The Morgan fingerprint density at radius 3 is 2.61 bits per heavy atom. The first kappa shape index (κ1) is 12.9.